The van der Waals surface area contributed by atoms with Gasteiger partial charge in [0.2, 0.25) is 0 Å². The number of esters is 1. The number of anilines is 1. The molecule has 2 aromatic rings. The molecule has 1 heterocycles. The normalized spacial score (nSPS) is 15.5. The minimum atomic E-state index is -0.592. The van der Waals surface area contributed by atoms with Gasteiger partial charge in [0.1, 0.15) is 5.75 Å². The van der Waals surface area contributed by atoms with Gasteiger partial charge in [-0.25, -0.2) is 4.79 Å². The summed E-state index contributed by atoms with van der Waals surface area (Å²) in [5, 5.41) is 0.630. The van der Waals surface area contributed by atoms with Crippen molar-refractivity contribution in [2.45, 2.75) is 26.3 Å². The van der Waals surface area contributed by atoms with Gasteiger partial charge in [0.15, 0.2) is 13.2 Å². The summed E-state index contributed by atoms with van der Waals surface area (Å²) in [5.74, 6) is -0.304. The topological polar surface area (TPSA) is 55.8 Å². The molecule has 1 atom stereocenters. The molecule has 0 fully saturated rings. The van der Waals surface area contributed by atoms with E-state index in [1.54, 1.807) is 23.1 Å². The Hall–Kier alpha value is -2.53. The maximum atomic E-state index is 12.5. The lowest BCUT2D eigenvalue weighted by Gasteiger charge is -2.22. The van der Waals surface area contributed by atoms with Gasteiger partial charge in [0.05, 0.1) is 0 Å². The molecule has 0 N–H and O–H groups in total. The number of carbonyl (C=O) groups excluding carboxylic acids is 2. The third kappa shape index (κ3) is 3.99. The van der Waals surface area contributed by atoms with Gasteiger partial charge in [-0.05, 0) is 55.7 Å². The maximum absolute atomic E-state index is 12.5. The summed E-state index contributed by atoms with van der Waals surface area (Å²) in [4.78, 5) is 26.0. The molecule has 6 heteroatoms. The lowest BCUT2D eigenvalue weighted by atomic mass is 10.1. The molecule has 0 bridgehead atoms. The molecule has 3 rings (SSSR count). The fourth-order valence-electron chi connectivity index (χ4n) is 3.05. The van der Waals surface area contributed by atoms with Gasteiger partial charge in [-0.1, -0.05) is 29.8 Å². The Morgan fingerprint density at radius 3 is 2.73 bits per heavy atom. The third-order valence-electron chi connectivity index (χ3n) is 4.32. The maximum Gasteiger partial charge on any atom is 0.344 e. The molecule has 136 valence electrons. The summed E-state index contributed by atoms with van der Waals surface area (Å²) < 4.78 is 10.5. The Balaban J connectivity index is 1.51. The van der Waals surface area contributed by atoms with Gasteiger partial charge in [-0.15, -0.1) is 0 Å². The quantitative estimate of drug-likeness (QED) is 0.752. The zero-order valence-electron chi connectivity index (χ0n) is 14.7. The molecule has 5 nitrogen and oxygen atoms in total. The van der Waals surface area contributed by atoms with Crippen LogP contribution in [-0.2, 0) is 20.7 Å². The lowest BCUT2D eigenvalue weighted by molar-refractivity contribution is -0.149. The SMILES string of the molecule is Cc1cc(OCC(=O)OCC(=O)N2c3ccccc3C[C@H]2C)ccc1Cl. The van der Waals surface area contributed by atoms with Gasteiger partial charge in [-0.2, -0.15) is 0 Å². The molecule has 0 spiro atoms. The lowest BCUT2D eigenvalue weighted by Crippen LogP contribution is -2.39. The second-order valence-electron chi connectivity index (χ2n) is 6.31. The number of carbonyl (C=O) groups is 2. The second kappa shape index (κ2) is 7.79. The Morgan fingerprint density at radius 2 is 1.96 bits per heavy atom. The number of rotatable bonds is 5. The molecule has 0 unspecified atom stereocenters. The van der Waals surface area contributed by atoms with Gasteiger partial charge in [0, 0.05) is 16.8 Å². The molecule has 0 saturated carbocycles. The van der Waals surface area contributed by atoms with E-state index in [2.05, 4.69) is 0 Å². The molecule has 26 heavy (non-hydrogen) atoms. The number of nitrogens with zero attached hydrogens (tertiary/aromatic N) is 1. The van der Waals surface area contributed by atoms with Crippen molar-refractivity contribution in [2.24, 2.45) is 0 Å². The highest BCUT2D eigenvalue weighted by atomic mass is 35.5. The van der Waals surface area contributed by atoms with Crippen LogP contribution >= 0.6 is 11.6 Å². The fourth-order valence-corrected chi connectivity index (χ4v) is 3.17. The number of halogens is 1. The summed E-state index contributed by atoms with van der Waals surface area (Å²) in [6.45, 7) is 3.26. The Labute approximate surface area is 157 Å². The van der Waals surface area contributed by atoms with Crippen LogP contribution in [0.2, 0.25) is 5.02 Å². The van der Waals surface area contributed by atoms with Crippen LogP contribution in [0, 0.1) is 6.92 Å². The van der Waals surface area contributed by atoms with Crippen LogP contribution in [-0.4, -0.2) is 31.1 Å². The molecule has 2 aromatic carbocycles. The Kier molecular flexibility index (Phi) is 5.47. The van der Waals surface area contributed by atoms with E-state index in [1.165, 1.54) is 0 Å². The zero-order valence-corrected chi connectivity index (χ0v) is 15.5. The van der Waals surface area contributed by atoms with Crippen LogP contribution < -0.4 is 9.64 Å². The van der Waals surface area contributed by atoms with E-state index in [-0.39, 0.29) is 25.2 Å². The smallest absolute Gasteiger partial charge is 0.344 e. The number of aryl methyl sites for hydroxylation is 1. The average molecular weight is 374 g/mol. The van der Waals surface area contributed by atoms with Gasteiger partial charge in [0.25, 0.3) is 5.91 Å². The van der Waals surface area contributed by atoms with Gasteiger partial charge >= 0.3 is 5.97 Å². The van der Waals surface area contributed by atoms with E-state index in [0.717, 1.165) is 23.2 Å². The summed E-state index contributed by atoms with van der Waals surface area (Å²) in [7, 11) is 0. The first-order chi connectivity index (χ1) is 12.5. The van der Waals surface area contributed by atoms with Crippen LogP contribution in [0.3, 0.4) is 0 Å². The Bertz CT molecular complexity index is 836. The molecular formula is C20H20ClNO4. The summed E-state index contributed by atoms with van der Waals surface area (Å²) in [5.41, 5.74) is 2.87. The van der Waals surface area contributed by atoms with E-state index < -0.39 is 5.97 Å². The molecule has 1 aliphatic rings. The predicted octanol–water partition coefficient (Wildman–Crippen LogP) is 3.55. The highest BCUT2D eigenvalue weighted by Crippen LogP contribution is 2.31. The third-order valence-corrected chi connectivity index (χ3v) is 4.74. The van der Waals surface area contributed by atoms with Gasteiger partial charge in [-0.3, -0.25) is 4.79 Å². The predicted molar refractivity (Wildman–Crippen MR) is 99.7 cm³/mol. The molecule has 1 aliphatic heterocycles. The van der Waals surface area contributed by atoms with E-state index >= 15 is 0 Å². The number of hydrogen-bond acceptors (Lipinski definition) is 4. The van der Waals surface area contributed by atoms with Crippen molar-refractivity contribution in [3.63, 3.8) is 0 Å². The van der Waals surface area contributed by atoms with Crippen molar-refractivity contribution in [1.82, 2.24) is 0 Å². The summed E-state index contributed by atoms with van der Waals surface area (Å²) >= 11 is 5.95. The van der Waals surface area contributed by atoms with Crippen molar-refractivity contribution in [2.75, 3.05) is 18.1 Å². The number of ether oxygens (including phenoxy) is 2. The molecule has 1 amide bonds. The van der Waals surface area contributed by atoms with E-state index in [9.17, 15) is 9.59 Å². The van der Waals surface area contributed by atoms with Crippen LogP contribution in [0.25, 0.3) is 0 Å². The molecule has 0 aromatic heterocycles. The minimum Gasteiger partial charge on any atom is -0.482 e. The van der Waals surface area contributed by atoms with Crippen LogP contribution in [0.5, 0.6) is 5.75 Å². The first-order valence-corrected chi connectivity index (χ1v) is 8.78. The molecule has 0 radical (unpaired) electrons. The van der Waals surface area contributed by atoms with E-state index in [1.807, 2.05) is 38.1 Å². The van der Waals surface area contributed by atoms with Crippen molar-refractivity contribution >= 4 is 29.2 Å². The number of hydrogen-bond donors (Lipinski definition) is 0. The monoisotopic (exact) mass is 373 g/mol. The molecule has 0 aliphatic carbocycles. The second-order valence-corrected chi connectivity index (χ2v) is 6.71. The van der Waals surface area contributed by atoms with Crippen molar-refractivity contribution in [3.8, 4) is 5.75 Å². The van der Waals surface area contributed by atoms with Gasteiger partial charge < -0.3 is 14.4 Å². The Morgan fingerprint density at radius 1 is 1.19 bits per heavy atom. The number of fused-ring (bicyclic) bond motifs is 1. The van der Waals surface area contributed by atoms with Crippen LogP contribution in [0.4, 0.5) is 5.69 Å². The first kappa shape index (κ1) is 18.3. The largest absolute Gasteiger partial charge is 0.482 e. The first-order valence-electron chi connectivity index (χ1n) is 8.40. The highest BCUT2D eigenvalue weighted by molar-refractivity contribution is 6.31. The van der Waals surface area contributed by atoms with Crippen LogP contribution in [0.15, 0.2) is 42.5 Å². The highest BCUT2D eigenvalue weighted by Gasteiger charge is 2.30. The average Bonchev–Trinajstić information content (AvgIpc) is 2.96. The molecule has 0 saturated heterocycles. The fraction of sp³-hybridized carbons (Fsp3) is 0.300. The number of benzene rings is 2. The minimum absolute atomic E-state index is 0.0481. The van der Waals surface area contributed by atoms with Crippen molar-refractivity contribution in [1.29, 1.82) is 0 Å². The standard InChI is InChI=1S/C20H20ClNO4/c1-13-9-16(7-8-17(13)21)25-12-20(24)26-11-19(23)22-14(2)10-15-5-3-4-6-18(15)22/h3-9,14H,10-12H2,1-2H3/t14-/m1/s1. The summed E-state index contributed by atoms with van der Waals surface area (Å²) in [6.07, 6.45) is 0.800. The van der Waals surface area contributed by atoms with Crippen LogP contribution in [0.1, 0.15) is 18.1 Å². The zero-order chi connectivity index (χ0) is 18.7. The summed E-state index contributed by atoms with van der Waals surface area (Å²) in [6, 6.07) is 12.9. The van der Waals surface area contributed by atoms with Crippen molar-refractivity contribution < 1.29 is 19.1 Å². The number of para-hydroxylation sites is 1. The molecular weight excluding hydrogens is 354 g/mol. The van der Waals surface area contributed by atoms with E-state index in [0.29, 0.717) is 10.8 Å². The van der Waals surface area contributed by atoms with Crippen molar-refractivity contribution in [3.05, 3.63) is 58.6 Å². The number of amides is 1. The van der Waals surface area contributed by atoms with E-state index in [4.69, 9.17) is 21.1 Å².